The van der Waals surface area contributed by atoms with E-state index in [1.807, 2.05) is 6.92 Å². The zero-order valence-corrected chi connectivity index (χ0v) is 10.6. The zero-order chi connectivity index (χ0) is 13.5. The fourth-order valence-corrected chi connectivity index (χ4v) is 1.44. The Morgan fingerprint density at radius 3 is 2.78 bits per heavy atom. The molecule has 18 heavy (non-hydrogen) atoms. The maximum absolute atomic E-state index is 10.9. The summed E-state index contributed by atoms with van der Waals surface area (Å²) < 4.78 is 10.5. The van der Waals surface area contributed by atoms with Gasteiger partial charge in [0.15, 0.2) is 5.75 Å². The van der Waals surface area contributed by atoms with E-state index in [-0.39, 0.29) is 17.5 Å². The van der Waals surface area contributed by atoms with Gasteiger partial charge in [0.05, 0.1) is 24.7 Å². The van der Waals surface area contributed by atoms with Gasteiger partial charge in [-0.2, -0.15) is 0 Å². The summed E-state index contributed by atoms with van der Waals surface area (Å²) in [5, 5.41) is 10.9. The first kappa shape index (κ1) is 14.4. The molecule has 1 atom stereocenters. The van der Waals surface area contributed by atoms with Crippen LogP contribution in [0.15, 0.2) is 18.2 Å². The van der Waals surface area contributed by atoms with E-state index >= 15 is 0 Å². The van der Waals surface area contributed by atoms with Crippen LogP contribution < -0.4 is 10.5 Å². The van der Waals surface area contributed by atoms with E-state index in [2.05, 4.69) is 0 Å². The summed E-state index contributed by atoms with van der Waals surface area (Å²) in [4.78, 5) is 10.4. The fraction of sp³-hybridized carbons (Fsp3) is 0.500. The first-order valence-electron chi connectivity index (χ1n) is 5.78. The summed E-state index contributed by atoms with van der Waals surface area (Å²) in [7, 11) is 0. The molecule has 0 heterocycles. The predicted octanol–water partition coefficient (Wildman–Crippen LogP) is 1.86. The van der Waals surface area contributed by atoms with Gasteiger partial charge in [-0.25, -0.2) is 0 Å². The molecule has 0 spiro atoms. The molecular weight excluding hydrogens is 236 g/mol. The molecule has 6 heteroatoms. The van der Waals surface area contributed by atoms with Crippen molar-refractivity contribution < 1.29 is 14.4 Å². The Hall–Kier alpha value is -1.66. The molecule has 0 saturated heterocycles. The van der Waals surface area contributed by atoms with Crippen LogP contribution in [0.3, 0.4) is 0 Å². The van der Waals surface area contributed by atoms with Crippen LogP contribution in [0.2, 0.25) is 0 Å². The smallest absolute Gasteiger partial charge is 0.311 e. The third kappa shape index (κ3) is 4.31. The summed E-state index contributed by atoms with van der Waals surface area (Å²) in [5.74, 6) is 0.276. The summed E-state index contributed by atoms with van der Waals surface area (Å²) in [5.41, 5.74) is 6.23. The van der Waals surface area contributed by atoms with Crippen LogP contribution in [0.25, 0.3) is 0 Å². The van der Waals surface area contributed by atoms with Gasteiger partial charge in [-0.15, -0.1) is 0 Å². The number of nitro benzene ring substituents is 1. The molecule has 2 N–H and O–H groups in total. The first-order valence-corrected chi connectivity index (χ1v) is 5.78. The van der Waals surface area contributed by atoms with Crippen LogP contribution in [-0.4, -0.2) is 24.2 Å². The molecule has 0 bridgehead atoms. The minimum Gasteiger partial charge on any atom is -0.487 e. The minimum atomic E-state index is -0.458. The minimum absolute atomic E-state index is 0.0428. The highest BCUT2D eigenvalue weighted by molar-refractivity contribution is 5.48. The molecule has 0 aliphatic carbocycles. The van der Waals surface area contributed by atoms with E-state index < -0.39 is 4.92 Å². The van der Waals surface area contributed by atoms with Crippen LogP contribution in [0, 0.1) is 10.1 Å². The highest BCUT2D eigenvalue weighted by Crippen LogP contribution is 2.28. The van der Waals surface area contributed by atoms with Gasteiger partial charge in [0.2, 0.25) is 0 Å². The van der Waals surface area contributed by atoms with Crippen molar-refractivity contribution in [2.45, 2.75) is 26.5 Å². The number of nitro groups is 1. The molecule has 0 radical (unpaired) electrons. The lowest BCUT2D eigenvalue weighted by molar-refractivity contribution is -0.385. The summed E-state index contributed by atoms with van der Waals surface area (Å²) in [6.45, 7) is 4.72. The highest BCUT2D eigenvalue weighted by atomic mass is 16.6. The van der Waals surface area contributed by atoms with Gasteiger partial charge in [-0.3, -0.25) is 10.1 Å². The van der Waals surface area contributed by atoms with Crippen molar-refractivity contribution in [3.05, 3.63) is 33.9 Å². The quantitative estimate of drug-likeness (QED) is 0.592. The van der Waals surface area contributed by atoms with Crippen molar-refractivity contribution in [3.8, 4) is 5.75 Å². The normalized spacial score (nSPS) is 12.2. The number of nitrogens with zero attached hydrogens (tertiary/aromatic N) is 1. The fourth-order valence-electron chi connectivity index (χ4n) is 1.44. The number of hydrogen-bond donors (Lipinski definition) is 1. The van der Waals surface area contributed by atoms with Crippen LogP contribution in [0.1, 0.15) is 19.4 Å². The van der Waals surface area contributed by atoms with Gasteiger partial charge in [0.1, 0.15) is 0 Å². The van der Waals surface area contributed by atoms with Crippen molar-refractivity contribution in [1.29, 1.82) is 0 Å². The van der Waals surface area contributed by atoms with Gasteiger partial charge in [0.25, 0.3) is 0 Å². The summed E-state index contributed by atoms with van der Waals surface area (Å²) >= 11 is 0. The van der Waals surface area contributed by atoms with E-state index in [1.54, 1.807) is 19.1 Å². The number of hydrogen-bond acceptors (Lipinski definition) is 5. The molecule has 0 aliphatic heterocycles. The Kier molecular flexibility index (Phi) is 5.54. The van der Waals surface area contributed by atoms with Crippen LogP contribution in [0.5, 0.6) is 5.75 Å². The van der Waals surface area contributed by atoms with E-state index in [0.717, 1.165) is 5.56 Å². The molecule has 0 fully saturated rings. The Balaban J connectivity index is 2.76. The molecule has 1 aromatic carbocycles. The highest BCUT2D eigenvalue weighted by Gasteiger charge is 2.15. The Bertz CT molecular complexity index is 407. The maximum atomic E-state index is 10.9. The van der Waals surface area contributed by atoms with E-state index in [4.69, 9.17) is 15.2 Å². The average Bonchev–Trinajstić information content (AvgIpc) is 2.30. The maximum Gasteiger partial charge on any atom is 0.311 e. The number of ether oxygens (including phenoxy) is 2. The molecule has 100 valence electrons. The second-order valence-electron chi connectivity index (χ2n) is 3.98. The molecule has 1 unspecified atom stereocenters. The largest absolute Gasteiger partial charge is 0.487 e. The van der Waals surface area contributed by atoms with Gasteiger partial charge < -0.3 is 15.2 Å². The monoisotopic (exact) mass is 254 g/mol. The van der Waals surface area contributed by atoms with E-state index in [0.29, 0.717) is 19.8 Å². The Morgan fingerprint density at radius 2 is 2.22 bits per heavy atom. The number of nitrogens with two attached hydrogens (primary N) is 1. The number of benzene rings is 1. The van der Waals surface area contributed by atoms with Crippen molar-refractivity contribution >= 4 is 5.69 Å². The van der Waals surface area contributed by atoms with Gasteiger partial charge in [-0.1, -0.05) is 6.07 Å². The Morgan fingerprint density at radius 1 is 1.50 bits per heavy atom. The van der Waals surface area contributed by atoms with Crippen molar-refractivity contribution in [2.24, 2.45) is 5.73 Å². The van der Waals surface area contributed by atoms with Crippen LogP contribution in [-0.2, 0) is 11.3 Å². The molecule has 1 rings (SSSR count). The third-order valence-corrected chi connectivity index (χ3v) is 2.17. The Labute approximate surface area is 106 Å². The topological polar surface area (TPSA) is 87.6 Å². The summed E-state index contributed by atoms with van der Waals surface area (Å²) in [6, 6.07) is 4.75. The lowest BCUT2D eigenvalue weighted by Crippen LogP contribution is -2.21. The average molecular weight is 254 g/mol. The van der Waals surface area contributed by atoms with Crippen molar-refractivity contribution in [2.75, 3.05) is 13.2 Å². The molecule has 0 aliphatic rings. The van der Waals surface area contributed by atoms with Crippen LogP contribution in [0.4, 0.5) is 5.69 Å². The molecule has 6 nitrogen and oxygen atoms in total. The molecule has 0 aromatic heterocycles. The molecular formula is C12H18N2O4. The predicted molar refractivity (Wildman–Crippen MR) is 67.6 cm³/mol. The van der Waals surface area contributed by atoms with Gasteiger partial charge in [0, 0.05) is 12.1 Å². The molecule has 1 aromatic rings. The molecule has 0 amide bonds. The van der Waals surface area contributed by atoms with Crippen molar-refractivity contribution in [1.82, 2.24) is 0 Å². The lowest BCUT2D eigenvalue weighted by Gasteiger charge is -2.08. The van der Waals surface area contributed by atoms with Crippen molar-refractivity contribution in [3.63, 3.8) is 0 Å². The van der Waals surface area contributed by atoms with Gasteiger partial charge >= 0.3 is 5.69 Å². The SMILES string of the molecule is CCOc1ccc(COCC(C)N)cc1[N+](=O)[O-]. The first-order chi connectivity index (χ1) is 8.54. The van der Waals surface area contributed by atoms with E-state index in [1.165, 1.54) is 6.07 Å². The second kappa shape index (κ2) is 6.93. The second-order valence-corrected chi connectivity index (χ2v) is 3.98. The third-order valence-electron chi connectivity index (χ3n) is 2.17. The van der Waals surface area contributed by atoms with Crippen LogP contribution >= 0.6 is 0 Å². The summed E-state index contributed by atoms with van der Waals surface area (Å²) in [6.07, 6.45) is 0. The number of rotatable bonds is 7. The zero-order valence-electron chi connectivity index (χ0n) is 10.6. The molecule has 0 saturated carbocycles. The van der Waals surface area contributed by atoms with E-state index in [9.17, 15) is 10.1 Å². The standard InChI is InChI=1S/C12H18N2O4/c1-3-18-12-5-4-10(6-11(12)14(15)16)8-17-7-9(2)13/h4-6,9H,3,7-8,13H2,1-2H3. The van der Waals surface area contributed by atoms with Gasteiger partial charge in [-0.05, 0) is 25.5 Å². The lowest BCUT2D eigenvalue weighted by atomic mass is 10.2.